The van der Waals surface area contributed by atoms with Crippen LogP contribution in [0.25, 0.3) is 0 Å². The standard InChI is InChI=1S/C13H19NO2/c1-15-8-9-16-14-13-7-6-11-4-2-3-5-12(11)10-13/h2-5,13-14H,6-10H2,1H3. The maximum atomic E-state index is 5.35. The summed E-state index contributed by atoms with van der Waals surface area (Å²) in [5, 5.41) is 0. The molecule has 1 aliphatic rings. The van der Waals surface area contributed by atoms with Gasteiger partial charge >= 0.3 is 0 Å². The predicted octanol–water partition coefficient (Wildman–Crippen LogP) is 1.71. The highest BCUT2D eigenvalue weighted by Gasteiger charge is 2.17. The summed E-state index contributed by atoms with van der Waals surface area (Å²) in [6.45, 7) is 1.24. The number of hydroxylamine groups is 1. The molecule has 1 unspecified atom stereocenters. The molecule has 0 saturated carbocycles. The molecule has 3 heteroatoms. The number of hydrogen-bond acceptors (Lipinski definition) is 3. The fraction of sp³-hybridized carbons (Fsp3) is 0.538. The highest BCUT2D eigenvalue weighted by Crippen LogP contribution is 2.20. The predicted molar refractivity (Wildman–Crippen MR) is 63.2 cm³/mol. The first-order valence-corrected chi connectivity index (χ1v) is 5.83. The van der Waals surface area contributed by atoms with Gasteiger partial charge in [0.2, 0.25) is 0 Å². The Hall–Kier alpha value is -0.900. The molecule has 0 aliphatic heterocycles. The third-order valence-corrected chi connectivity index (χ3v) is 2.99. The van der Waals surface area contributed by atoms with Crippen molar-refractivity contribution >= 4 is 0 Å². The van der Waals surface area contributed by atoms with Crippen LogP contribution in [0.4, 0.5) is 0 Å². The summed E-state index contributed by atoms with van der Waals surface area (Å²) in [5.74, 6) is 0. The highest BCUT2D eigenvalue weighted by molar-refractivity contribution is 5.30. The van der Waals surface area contributed by atoms with Crippen molar-refractivity contribution in [3.05, 3.63) is 35.4 Å². The second kappa shape index (κ2) is 5.99. The number of ether oxygens (including phenoxy) is 1. The number of benzene rings is 1. The Kier molecular flexibility index (Phi) is 4.34. The van der Waals surface area contributed by atoms with Gasteiger partial charge in [0.1, 0.15) is 0 Å². The van der Waals surface area contributed by atoms with Crippen molar-refractivity contribution in [2.45, 2.75) is 25.3 Å². The van der Waals surface area contributed by atoms with Crippen molar-refractivity contribution in [2.75, 3.05) is 20.3 Å². The molecule has 2 rings (SSSR count). The summed E-state index contributed by atoms with van der Waals surface area (Å²) in [4.78, 5) is 5.35. The molecule has 1 atom stereocenters. The van der Waals surface area contributed by atoms with Crippen LogP contribution in [-0.2, 0) is 22.4 Å². The van der Waals surface area contributed by atoms with Gasteiger partial charge in [-0.3, -0.25) is 4.84 Å². The molecule has 0 radical (unpaired) electrons. The first kappa shape index (κ1) is 11.6. The van der Waals surface area contributed by atoms with Crippen molar-refractivity contribution in [2.24, 2.45) is 0 Å². The minimum atomic E-state index is 0.437. The molecule has 3 nitrogen and oxygen atoms in total. The Morgan fingerprint density at radius 2 is 2.06 bits per heavy atom. The number of fused-ring (bicyclic) bond motifs is 1. The van der Waals surface area contributed by atoms with Gasteiger partial charge in [0.05, 0.1) is 13.2 Å². The lowest BCUT2D eigenvalue weighted by Crippen LogP contribution is -2.35. The van der Waals surface area contributed by atoms with Crippen molar-refractivity contribution in [3.8, 4) is 0 Å². The summed E-state index contributed by atoms with van der Waals surface area (Å²) in [7, 11) is 1.68. The maximum absolute atomic E-state index is 5.35. The van der Waals surface area contributed by atoms with Gasteiger partial charge in [0.15, 0.2) is 0 Å². The first-order chi connectivity index (χ1) is 7.90. The van der Waals surface area contributed by atoms with Crippen LogP contribution in [0.2, 0.25) is 0 Å². The van der Waals surface area contributed by atoms with Crippen LogP contribution >= 0.6 is 0 Å². The van der Waals surface area contributed by atoms with E-state index in [1.807, 2.05) is 0 Å². The van der Waals surface area contributed by atoms with Crippen LogP contribution in [0.5, 0.6) is 0 Å². The Morgan fingerprint density at radius 3 is 2.88 bits per heavy atom. The van der Waals surface area contributed by atoms with Crippen LogP contribution < -0.4 is 5.48 Å². The van der Waals surface area contributed by atoms with E-state index in [0.717, 1.165) is 19.3 Å². The smallest absolute Gasteiger partial charge is 0.0915 e. The lowest BCUT2D eigenvalue weighted by atomic mass is 9.89. The van der Waals surface area contributed by atoms with Gasteiger partial charge in [-0.1, -0.05) is 24.3 Å². The number of methoxy groups -OCH3 is 1. The monoisotopic (exact) mass is 221 g/mol. The largest absolute Gasteiger partial charge is 0.382 e. The van der Waals surface area contributed by atoms with E-state index in [-0.39, 0.29) is 0 Å². The van der Waals surface area contributed by atoms with E-state index in [4.69, 9.17) is 9.57 Å². The molecule has 88 valence electrons. The second-order valence-corrected chi connectivity index (χ2v) is 4.17. The quantitative estimate of drug-likeness (QED) is 0.606. The van der Waals surface area contributed by atoms with E-state index in [9.17, 15) is 0 Å². The zero-order valence-corrected chi connectivity index (χ0v) is 9.74. The van der Waals surface area contributed by atoms with Crippen molar-refractivity contribution < 1.29 is 9.57 Å². The molecular weight excluding hydrogens is 202 g/mol. The molecule has 1 aromatic rings. The molecule has 1 aliphatic carbocycles. The molecule has 0 bridgehead atoms. The van der Waals surface area contributed by atoms with Crippen molar-refractivity contribution in [1.82, 2.24) is 5.48 Å². The van der Waals surface area contributed by atoms with Crippen molar-refractivity contribution in [3.63, 3.8) is 0 Å². The Bertz CT molecular complexity index is 327. The molecular formula is C13H19NO2. The third kappa shape index (κ3) is 3.04. The van der Waals surface area contributed by atoms with Gasteiger partial charge in [-0.25, -0.2) is 0 Å². The lowest BCUT2D eigenvalue weighted by Gasteiger charge is -2.24. The number of nitrogens with one attached hydrogen (secondary N) is 1. The molecule has 0 heterocycles. The normalized spacial score (nSPS) is 19.4. The molecule has 0 amide bonds. The van der Waals surface area contributed by atoms with Crippen LogP contribution in [0, 0.1) is 0 Å². The minimum absolute atomic E-state index is 0.437. The fourth-order valence-corrected chi connectivity index (χ4v) is 2.10. The summed E-state index contributed by atoms with van der Waals surface area (Å²) in [6.07, 6.45) is 3.34. The SMILES string of the molecule is COCCONC1CCc2ccccc2C1. The summed E-state index contributed by atoms with van der Waals surface area (Å²) in [5.41, 5.74) is 6.05. The van der Waals surface area contributed by atoms with Gasteiger partial charge in [-0.05, 0) is 30.4 Å². The molecule has 0 fully saturated rings. The maximum Gasteiger partial charge on any atom is 0.0915 e. The molecule has 0 saturated heterocycles. The van der Waals surface area contributed by atoms with Crippen LogP contribution in [0.15, 0.2) is 24.3 Å². The van der Waals surface area contributed by atoms with E-state index < -0.39 is 0 Å². The van der Waals surface area contributed by atoms with E-state index in [2.05, 4.69) is 29.7 Å². The Labute approximate surface area is 96.7 Å². The van der Waals surface area contributed by atoms with Crippen molar-refractivity contribution in [1.29, 1.82) is 0 Å². The average Bonchev–Trinajstić information content (AvgIpc) is 2.34. The van der Waals surface area contributed by atoms with Gasteiger partial charge in [0, 0.05) is 13.2 Å². The minimum Gasteiger partial charge on any atom is -0.382 e. The molecule has 0 aromatic heterocycles. The summed E-state index contributed by atoms with van der Waals surface area (Å²) < 4.78 is 4.92. The Morgan fingerprint density at radius 1 is 1.25 bits per heavy atom. The van der Waals surface area contributed by atoms with Gasteiger partial charge in [-0.2, -0.15) is 5.48 Å². The summed E-state index contributed by atoms with van der Waals surface area (Å²) >= 11 is 0. The second-order valence-electron chi connectivity index (χ2n) is 4.17. The molecule has 1 N–H and O–H groups in total. The molecule has 1 aromatic carbocycles. The lowest BCUT2D eigenvalue weighted by molar-refractivity contribution is -0.0141. The zero-order chi connectivity index (χ0) is 11.2. The van der Waals surface area contributed by atoms with Crippen LogP contribution in [0.1, 0.15) is 17.5 Å². The van der Waals surface area contributed by atoms with E-state index in [0.29, 0.717) is 19.3 Å². The Balaban J connectivity index is 1.79. The molecule has 16 heavy (non-hydrogen) atoms. The summed E-state index contributed by atoms with van der Waals surface area (Å²) in [6, 6.07) is 9.08. The van der Waals surface area contributed by atoms with E-state index in [1.165, 1.54) is 11.1 Å². The van der Waals surface area contributed by atoms with Gasteiger partial charge in [0.25, 0.3) is 0 Å². The number of aryl methyl sites for hydroxylation is 1. The first-order valence-electron chi connectivity index (χ1n) is 5.83. The van der Waals surface area contributed by atoms with Gasteiger partial charge in [-0.15, -0.1) is 0 Å². The van der Waals surface area contributed by atoms with Gasteiger partial charge < -0.3 is 4.74 Å². The van der Waals surface area contributed by atoms with Crippen LogP contribution in [-0.4, -0.2) is 26.4 Å². The molecule has 0 spiro atoms. The number of hydrogen-bond donors (Lipinski definition) is 1. The number of rotatable bonds is 5. The fourth-order valence-electron chi connectivity index (χ4n) is 2.10. The average molecular weight is 221 g/mol. The highest BCUT2D eigenvalue weighted by atomic mass is 16.7. The van der Waals surface area contributed by atoms with E-state index in [1.54, 1.807) is 7.11 Å². The van der Waals surface area contributed by atoms with E-state index >= 15 is 0 Å². The van der Waals surface area contributed by atoms with Crippen LogP contribution in [0.3, 0.4) is 0 Å². The topological polar surface area (TPSA) is 30.5 Å². The third-order valence-electron chi connectivity index (χ3n) is 2.99. The zero-order valence-electron chi connectivity index (χ0n) is 9.74.